The highest BCUT2D eigenvalue weighted by Gasteiger charge is 1.92. The number of aromatic nitrogens is 2. The molecule has 0 spiro atoms. The first-order valence-corrected chi connectivity index (χ1v) is 3.87. The Kier molecular flexibility index (Phi) is 3.36. The number of halogens is 1. The van der Waals surface area contributed by atoms with Crippen molar-refractivity contribution in [3.8, 4) is 12.3 Å². The Balaban J connectivity index is 2.43. The van der Waals surface area contributed by atoms with Crippen LogP contribution >= 0.6 is 11.6 Å². The molecule has 1 rings (SSSR count). The van der Waals surface area contributed by atoms with Crippen molar-refractivity contribution >= 4 is 17.4 Å². The number of hydrogen-bond donors (Lipinski definition) is 1. The van der Waals surface area contributed by atoms with E-state index in [2.05, 4.69) is 21.4 Å². The van der Waals surface area contributed by atoms with Gasteiger partial charge in [0, 0.05) is 13.0 Å². The van der Waals surface area contributed by atoms with Gasteiger partial charge in [-0.2, -0.15) is 0 Å². The first-order chi connectivity index (χ1) is 5.83. The van der Waals surface area contributed by atoms with Crippen molar-refractivity contribution in [2.75, 3.05) is 11.9 Å². The van der Waals surface area contributed by atoms with Gasteiger partial charge in [-0.3, -0.25) is 0 Å². The first-order valence-electron chi connectivity index (χ1n) is 3.49. The van der Waals surface area contributed by atoms with Crippen LogP contribution in [0.25, 0.3) is 0 Å². The minimum Gasteiger partial charge on any atom is -0.368 e. The maximum atomic E-state index is 5.54. The lowest BCUT2D eigenvalue weighted by Gasteiger charge is -2.00. The topological polar surface area (TPSA) is 37.8 Å². The summed E-state index contributed by atoms with van der Waals surface area (Å²) in [6.07, 6.45) is 5.74. The second-order valence-electron chi connectivity index (χ2n) is 2.12. The van der Waals surface area contributed by atoms with Crippen molar-refractivity contribution in [3.63, 3.8) is 0 Å². The van der Waals surface area contributed by atoms with Crippen molar-refractivity contribution < 1.29 is 0 Å². The summed E-state index contributed by atoms with van der Waals surface area (Å²) in [4.78, 5) is 0. The molecule has 0 aliphatic heterocycles. The maximum Gasteiger partial charge on any atom is 0.151 e. The van der Waals surface area contributed by atoms with Gasteiger partial charge in [0.2, 0.25) is 0 Å². The fraction of sp³-hybridized carbons (Fsp3) is 0.250. The van der Waals surface area contributed by atoms with Crippen LogP contribution in [-0.4, -0.2) is 16.7 Å². The van der Waals surface area contributed by atoms with E-state index < -0.39 is 0 Å². The molecule has 0 radical (unpaired) electrons. The predicted octanol–water partition coefficient (Wildman–Crippen LogP) is 1.57. The molecule has 1 aromatic heterocycles. The Morgan fingerprint density at radius 1 is 1.50 bits per heavy atom. The molecule has 0 unspecified atom stereocenters. The van der Waals surface area contributed by atoms with E-state index >= 15 is 0 Å². The lowest BCUT2D eigenvalue weighted by Crippen LogP contribution is -2.02. The Morgan fingerprint density at radius 2 is 2.33 bits per heavy atom. The van der Waals surface area contributed by atoms with E-state index in [4.69, 9.17) is 18.0 Å². The molecule has 0 aromatic carbocycles. The van der Waals surface area contributed by atoms with E-state index in [9.17, 15) is 0 Å². The molecule has 0 atom stereocenters. The second-order valence-corrected chi connectivity index (χ2v) is 2.51. The lowest BCUT2D eigenvalue weighted by molar-refractivity contribution is 0.993. The number of nitrogens with zero attached hydrogens (tertiary/aromatic N) is 2. The minimum atomic E-state index is 0.387. The number of rotatable bonds is 3. The maximum absolute atomic E-state index is 5.54. The van der Waals surface area contributed by atoms with E-state index in [1.807, 2.05) is 0 Å². The van der Waals surface area contributed by atoms with Crippen LogP contribution in [0.2, 0.25) is 5.15 Å². The van der Waals surface area contributed by atoms with Crippen LogP contribution < -0.4 is 5.32 Å². The van der Waals surface area contributed by atoms with Crippen LogP contribution in [0, 0.1) is 12.3 Å². The van der Waals surface area contributed by atoms with Crippen LogP contribution in [0.1, 0.15) is 6.42 Å². The summed E-state index contributed by atoms with van der Waals surface area (Å²) in [5.41, 5.74) is 0. The second kappa shape index (κ2) is 4.58. The fourth-order valence-corrected chi connectivity index (χ4v) is 0.774. The summed E-state index contributed by atoms with van der Waals surface area (Å²) in [6, 6.07) is 3.43. The summed E-state index contributed by atoms with van der Waals surface area (Å²) in [6.45, 7) is 0.701. The number of nitrogens with one attached hydrogen (secondary N) is 1. The highest BCUT2D eigenvalue weighted by atomic mass is 35.5. The van der Waals surface area contributed by atoms with Crippen molar-refractivity contribution in [1.82, 2.24) is 10.2 Å². The van der Waals surface area contributed by atoms with E-state index in [-0.39, 0.29) is 0 Å². The van der Waals surface area contributed by atoms with Crippen LogP contribution in [0.3, 0.4) is 0 Å². The molecule has 0 aliphatic rings. The van der Waals surface area contributed by atoms with Gasteiger partial charge >= 0.3 is 0 Å². The third-order valence-corrected chi connectivity index (χ3v) is 1.41. The SMILES string of the molecule is C#CCCNc1ccc(Cl)nn1. The van der Waals surface area contributed by atoms with Gasteiger partial charge < -0.3 is 5.32 Å². The van der Waals surface area contributed by atoms with Crippen LogP contribution in [0.15, 0.2) is 12.1 Å². The normalized spacial score (nSPS) is 9.00. The van der Waals surface area contributed by atoms with E-state index in [0.717, 1.165) is 0 Å². The zero-order valence-electron chi connectivity index (χ0n) is 6.42. The molecule has 0 fully saturated rings. The van der Waals surface area contributed by atoms with Gasteiger partial charge in [0.25, 0.3) is 0 Å². The highest BCUT2D eigenvalue weighted by Crippen LogP contribution is 2.05. The average molecular weight is 182 g/mol. The lowest BCUT2D eigenvalue weighted by atomic mass is 10.4. The Labute approximate surface area is 76.2 Å². The summed E-state index contributed by atoms with van der Waals surface area (Å²) in [5.74, 6) is 3.20. The van der Waals surface area contributed by atoms with Crippen molar-refractivity contribution in [2.24, 2.45) is 0 Å². The van der Waals surface area contributed by atoms with Gasteiger partial charge in [-0.15, -0.1) is 22.5 Å². The van der Waals surface area contributed by atoms with Gasteiger partial charge in [-0.1, -0.05) is 11.6 Å². The Bertz CT molecular complexity index is 275. The van der Waals surface area contributed by atoms with E-state index in [1.54, 1.807) is 12.1 Å². The van der Waals surface area contributed by atoms with Gasteiger partial charge in [0.15, 0.2) is 5.15 Å². The highest BCUT2D eigenvalue weighted by molar-refractivity contribution is 6.29. The number of anilines is 1. The van der Waals surface area contributed by atoms with E-state index in [1.165, 1.54) is 0 Å². The Hall–Kier alpha value is -1.27. The number of terminal acetylenes is 1. The van der Waals surface area contributed by atoms with Crippen molar-refractivity contribution in [2.45, 2.75) is 6.42 Å². The van der Waals surface area contributed by atoms with Gasteiger partial charge in [-0.05, 0) is 12.1 Å². The quantitative estimate of drug-likeness (QED) is 0.568. The van der Waals surface area contributed by atoms with E-state index in [0.29, 0.717) is 23.9 Å². The molecule has 0 bridgehead atoms. The third-order valence-electron chi connectivity index (χ3n) is 1.21. The molecule has 0 amide bonds. The minimum absolute atomic E-state index is 0.387. The molecule has 0 saturated carbocycles. The summed E-state index contributed by atoms with van der Waals surface area (Å²) in [7, 11) is 0. The predicted molar refractivity (Wildman–Crippen MR) is 49.0 cm³/mol. The fourth-order valence-electron chi connectivity index (χ4n) is 0.673. The van der Waals surface area contributed by atoms with Crippen LogP contribution in [-0.2, 0) is 0 Å². The molecular weight excluding hydrogens is 174 g/mol. The zero-order chi connectivity index (χ0) is 8.81. The van der Waals surface area contributed by atoms with Crippen molar-refractivity contribution in [3.05, 3.63) is 17.3 Å². The molecule has 62 valence electrons. The summed E-state index contributed by atoms with van der Waals surface area (Å²) < 4.78 is 0. The molecule has 4 heteroatoms. The largest absolute Gasteiger partial charge is 0.368 e. The van der Waals surface area contributed by atoms with Gasteiger partial charge in [0.05, 0.1) is 0 Å². The number of hydrogen-bond acceptors (Lipinski definition) is 3. The third kappa shape index (κ3) is 2.77. The molecule has 3 nitrogen and oxygen atoms in total. The van der Waals surface area contributed by atoms with Crippen LogP contribution in [0.5, 0.6) is 0 Å². The molecule has 1 aromatic rings. The molecule has 0 saturated heterocycles. The van der Waals surface area contributed by atoms with Gasteiger partial charge in [0.1, 0.15) is 5.82 Å². The first kappa shape index (κ1) is 8.82. The zero-order valence-corrected chi connectivity index (χ0v) is 7.17. The molecule has 0 aliphatic carbocycles. The summed E-state index contributed by atoms with van der Waals surface area (Å²) >= 11 is 5.54. The molecular formula is C8H8ClN3. The van der Waals surface area contributed by atoms with Crippen LogP contribution in [0.4, 0.5) is 5.82 Å². The summed E-state index contributed by atoms with van der Waals surface area (Å²) in [5, 5.41) is 10.8. The molecule has 1 N–H and O–H groups in total. The Morgan fingerprint density at radius 3 is 2.92 bits per heavy atom. The molecule has 1 heterocycles. The van der Waals surface area contributed by atoms with Crippen molar-refractivity contribution in [1.29, 1.82) is 0 Å². The molecule has 12 heavy (non-hydrogen) atoms. The standard InChI is InChI=1S/C8H8ClN3/c1-2-3-6-10-8-5-4-7(9)11-12-8/h1,4-5H,3,6H2,(H,10,12). The smallest absolute Gasteiger partial charge is 0.151 e. The monoisotopic (exact) mass is 181 g/mol. The average Bonchev–Trinajstić information content (AvgIpc) is 2.09. The van der Waals surface area contributed by atoms with Gasteiger partial charge in [-0.25, -0.2) is 0 Å².